The highest BCUT2D eigenvalue weighted by Crippen LogP contribution is 2.20. The number of nitrogens with zero attached hydrogens (tertiary/aromatic N) is 3. The van der Waals surface area contributed by atoms with Crippen LogP contribution in [0.3, 0.4) is 0 Å². The zero-order valence-corrected chi connectivity index (χ0v) is 7.85. The molecule has 3 heterocycles. The summed E-state index contributed by atoms with van der Waals surface area (Å²) >= 11 is 0. The molecule has 1 aliphatic heterocycles. The molecule has 0 bridgehead atoms. The Kier molecular flexibility index (Phi) is 1.73. The number of hydrogen-bond acceptors (Lipinski definition) is 3. The van der Waals surface area contributed by atoms with Gasteiger partial charge in [0.25, 0.3) is 0 Å². The molecule has 0 aromatic carbocycles. The molecule has 1 atom stereocenters. The Morgan fingerprint density at radius 2 is 2.29 bits per heavy atom. The first-order valence-corrected chi connectivity index (χ1v) is 4.94. The molecule has 2 aromatic heterocycles. The van der Waals surface area contributed by atoms with Gasteiger partial charge in [0.1, 0.15) is 5.82 Å². The van der Waals surface area contributed by atoms with E-state index in [1.807, 2.05) is 29.0 Å². The minimum atomic E-state index is 0.513. The molecular weight excluding hydrogens is 176 g/mol. The van der Waals surface area contributed by atoms with Gasteiger partial charge in [-0.1, -0.05) is 0 Å². The fraction of sp³-hybridized carbons (Fsp3) is 0.400. The predicted octanol–water partition coefficient (Wildman–Crippen LogP) is 0.806. The van der Waals surface area contributed by atoms with Crippen LogP contribution in [0.2, 0.25) is 0 Å². The number of fused-ring (bicyclic) bond motifs is 1. The van der Waals surface area contributed by atoms with E-state index in [9.17, 15) is 0 Å². The second-order valence-corrected chi connectivity index (χ2v) is 3.66. The van der Waals surface area contributed by atoms with Crippen LogP contribution >= 0.6 is 0 Å². The van der Waals surface area contributed by atoms with Crippen molar-refractivity contribution in [3.63, 3.8) is 0 Å². The smallest absolute Gasteiger partial charge is 0.134 e. The summed E-state index contributed by atoms with van der Waals surface area (Å²) in [4.78, 5) is 4.42. The number of hydrogen-bond donors (Lipinski definition) is 1. The molecule has 0 aliphatic carbocycles. The van der Waals surface area contributed by atoms with Gasteiger partial charge in [-0.15, -0.1) is 0 Å². The minimum absolute atomic E-state index is 0.513. The molecule has 1 fully saturated rings. The highest BCUT2D eigenvalue weighted by atomic mass is 15.3. The third-order valence-corrected chi connectivity index (χ3v) is 2.77. The largest absolute Gasteiger partial charge is 0.316 e. The van der Waals surface area contributed by atoms with Crippen molar-refractivity contribution >= 4 is 5.52 Å². The van der Waals surface area contributed by atoms with Gasteiger partial charge in [-0.2, -0.15) is 5.10 Å². The van der Waals surface area contributed by atoms with E-state index in [1.54, 1.807) is 0 Å². The van der Waals surface area contributed by atoms with Gasteiger partial charge >= 0.3 is 0 Å². The Hall–Kier alpha value is -1.42. The van der Waals surface area contributed by atoms with E-state index in [2.05, 4.69) is 15.4 Å². The van der Waals surface area contributed by atoms with Crippen molar-refractivity contribution in [1.29, 1.82) is 0 Å². The Labute approximate surface area is 82.0 Å². The second-order valence-electron chi connectivity index (χ2n) is 3.66. The molecule has 1 N–H and O–H groups in total. The average Bonchev–Trinajstić information content (AvgIpc) is 2.88. The molecule has 2 aromatic rings. The van der Waals surface area contributed by atoms with Crippen LogP contribution in [0.1, 0.15) is 18.2 Å². The van der Waals surface area contributed by atoms with Crippen molar-refractivity contribution in [3.05, 3.63) is 30.4 Å². The lowest BCUT2D eigenvalue weighted by Crippen LogP contribution is -2.12. The summed E-state index contributed by atoms with van der Waals surface area (Å²) in [6, 6.07) is 3.99. The molecule has 0 saturated carbocycles. The van der Waals surface area contributed by atoms with Gasteiger partial charge in [0.2, 0.25) is 0 Å². The van der Waals surface area contributed by atoms with Crippen LogP contribution in [0, 0.1) is 0 Å². The summed E-state index contributed by atoms with van der Waals surface area (Å²) in [5.41, 5.74) is 1.13. The van der Waals surface area contributed by atoms with E-state index in [-0.39, 0.29) is 0 Å². The third-order valence-electron chi connectivity index (χ3n) is 2.77. The van der Waals surface area contributed by atoms with E-state index >= 15 is 0 Å². The maximum atomic E-state index is 4.42. The number of rotatable bonds is 1. The quantitative estimate of drug-likeness (QED) is 0.720. The first kappa shape index (κ1) is 7.94. The molecule has 1 aliphatic rings. The standard InChI is InChI=1S/C10H12N4/c1-4-11-7-8(1)10-12-5-2-9-3-6-13-14(9)10/h2-3,5-6,8,11H,1,4,7H2. The molecule has 3 rings (SSSR count). The second kappa shape index (κ2) is 3.06. The fourth-order valence-corrected chi connectivity index (χ4v) is 2.03. The number of aromatic nitrogens is 3. The summed E-state index contributed by atoms with van der Waals surface area (Å²) in [6.45, 7) is 2.11. The molecule has 72 valence electrons. The summed E-state index contributed by atoms with van der Waals surface area (Å²) in [6.07, 6.45) is 4.85. The van der Waals surface area contributed by atoms with Crippen molar-refractivity contribution in [2.24, 2.45) is 0 Å². The molecular formula is C10H12N4. The van der Waals surface area contributed by atoms with Crippen LogP contribution in [0.15, 0.2) is 24.5 Å². The lowest BCUT2D eigenvalue weighted by molar-refractivity contribution is 0.661. The zero-order chi connectivity index (χ0) is 9.38. The van der Waals surface area contributed by atoms with E-state index in [0.29, 0.717) is 5.92 Å². The molecule has 14 heavy (non-hydrogen) atoms. The van der Waals surface area contributed by atoms with Crippen molar-refractivity contribution < 1.29 is 0 Å². The number of nitrogens with one attached hydrogen (secondary N) is 1. The van der Waals surface area contributed by atoms with Crippen molar-refractivity contribution in [1.82, 2.24) is 19.9 Å². The summed E-state index contributed by atoms with van der Waals surface area (Å²) in [5, 5.41) is 7.64. The molecule has 4 heteroatoms. The van der Waals surface area contributed by atoms with Crippen LogP contribution < -0.4 is 5.32 Å². The van der Waals surface area contributed by atoms with Gasteiger partial charge in [-0.25, -0.2) is 9.50 Å². The third kappa shape index (κ3) is 1.11. The maximum absolute atomic E-state index is 4.42. The topological polar surface area (TPSA) is 42.2 Å². The molecule has 0 spiro atoms. The summed E-state index contributed by atoms with van der Waals surface area (Å²) in [5.74, 6) is 1.59. The molecule has 0 radical (unpaired) electrons. The van der Waals surface area contributed by atoms with E-state index in [1.165, 1.54) is 0 Å². The molecule has 1 unspecified atom stereocenters. The monoisotopic (exact) mass is 188 g/mol. The van der Waals surface area contributed by atoms with E-state index < -0.39 is 0 Å². The first-order valence-electron chi connectivity index (χ1n) is 4.94. The minimum Gasteiger partial charge on any atom is -0.316 e. The SMILES string of the molecule is c1cc2ccnn2c(C2CCNC2)n1. The lowest BCUT2D eigenvalue weighted by atomic mass is 10.1. The van der Waals surface area contributed by atoms with Crippen LogP contribution in [-0.2, 0) is 0 Å². The predicted molar refractivity (Wildman–Crippen MR) is 53.2 cm³/mol. The van der Waals surface area contributed by atoms with Crippen molar-refractivity contribution in [3.8, 4) is 0 Å². The Bertz CT molecular complexity index is 442. The molecule has 1 saturated heterocycles. The zero-order valence-electron chi connectivity index (χ0n) is 7.85. The normalized spacial score (nSPS) is 21.9. The van der Waals surface area contributed by atoms with Crippen LogP contribution in [-0.4, -0.2) is 27.7 Å². The van der Waals surface area contributed by atoms with E-state index in [0.717, 1.165) is 30.9 Å². The van der Waals surface area contributed by atoms with Crippen molar-refractivity contribution in [2.75, 3.05) is 13.1 Å². The van der Waals surface area contributed by atoms with Gasteiger partial charge in [0.15, 0.2) is 0 Å². The van der Waals surface area contributed by atoms with Crippen LogP contribution in [0.25, 0.3) is 5.52 Å². The molecule has 0 amide bonds. The maximum Gasteiger partial charge on any atom is 0.134 e. The van der Waals surface area contributed by atoms with Gasteiger partial charge in [0.05, 0.1) is 11.7 Å². The Morgan fingerprint density at radius 3 is 3.14 bits per heavy atom. The Morgan fingerprint density at radius 1 is 1.36 bits per heavy atom. The van der Waals surface area contributed by atoms with Gasteiger partial charge in [-0.05, 0) is 25.1 Å². The van der Waals surface area contributed by atoms with Crippen molar-refractivity contribution in [2.45, 2.75) is 12.3 Å². The van der Waals surface area contributed by atoms with E-state index in [4.69, 9.17) is 0 Å². The fourth-order valence-electron chi connectivity index (χ4n) is 2.03. The van der Waals surface area contributed by atoms with Crippen LogP contribution in [0.5, 0.6) is 0 Å². The van der Waals surface area contributed by atoms with Gasteiger partial charge in [0, 0.05) is 18.7 Å². The van der Waals surface area contributed by atoms with Gasteiger partial charge < -0.3 is 5.32 Å². The Balaban J connectivity index is 2.14. The summed E-state index contributed by atoms with van der Waals surface area (Å²) < 4.78 is 1.94. The summed E-state index contributed by atoms with van der Waals surface area (Å²) in [7, 11) is 0. The van der Waals surface area contributed by atoms with Gasteiger partial charge in [-0.3, -0.25) is 0 Å². The first-order chi connectivity index (χ1) is 6.95. The highest BCUT2D eigenvalue weighted by molar-refractivity contribution is 5.44. The molecule has 4 nitrogen and oxygen atoms in total. The average molecular weight is 188 g/mol. The highest BCUT2D eigenvalue weighted by Gasteiger charge is 2.20. The lowest BCUT2D eigenvalue weighted by Gasteiger charge is -2.08. The van der Waals surface area contributed by atoms with Crippen LogP contribution in [0.4, 0.5) is 0 Å².